The van der Waals surface area contributed by atoms with Gasteiger partial charge in [-0.05, 0) is 85.5 Å². The fourth-order valence-corrected chi connectivity index (χ4v) is 8.39. The summed E-state index contributed by atoms with van der Waals surface area (Å²) in [6.07, 6.45) is 14.5. The molecule has 0 N–H and O–H groups in total. The van der Waals surface area contributed by atoms with Crippen LogP contribution in [0.2, 0.25) is 0 Å². The molecule has 0 radical (unpaired) electrons. The van der Waals surface area contributed by atoms with Crippen LogP contribution in [0.1, 0.15) is 91.9 Å². The smallest absolute Gasteiger partial charge is 0.155 e. The van der Waals surface area contributed by atoms with Gasteiger partial charge in [0.25, 0.3) is 0 Å². The van der Waals surface area contributed by atoms with Crippen molar-refractivity contribution < 1.29 is 14.3 Å². The number of rotatable bonds is 7. The Morgan fingerprint density at radius 3 is 2.73 bits per heavy atom. The van der Waals surface area contributed by atoms with Crippen LogP contribution in [0.3, 0.4) is 0 Å². The maximum Gasteiger partial charge on any atom is 0.155 e. The van der Waals surface area contributed by atoms with Gasteiger partial charge < -0.3 is 9.53 Å². The molecular weight excluding hydrogens is 372 g/mol. The second kappa shape index (κ2) is 8.52. The zero-order chi connectivity index (χ0) is 21.5. The van der Waals surface area contributed by atoms with Crippen molar-refractivity contribution in [3.05, 3.63) is 11.6 Å². The van der Waals surface area contributed by atoms with E-state index in [0.717, 1.165) is 32.3 Å². The molecular formula is C27H42O3. The van der Waals surface area contributed by atoms with E-state index in [-0.39, 0.29) is 22.9 Å². The first-order valence-electron chi connectivity index (χ1n) is 12.7. The van der Waals surface area contributed by atoms with E-state index in [1.807, 2.05) is 6.08 Å². The maximum absolute atomic E-state index is 12.2. The third-order valence-electron chi connectivity index (χ3n) is 9.87. The van der Waals surface area contributed by atoms with E-state index in [4.69, 9.17) is 4.74 Å². The average molecular weight is 415 g/mol. The van der Waals surface area contributed by atoms with Gasteiger partial charge in [0.2, 0.25) is 0 Å². The molecule has 30 heavy (non-hydrogen) atoms. The summed E-state index contributed by atoms with van der Waals surface area (Å²) in [5, 5.41) is 0. The molecule has 0 amide bonds. The summed E-state index contributed by atoms with van der Waals surface area (Å²) in [6.45, 7) is 10.1. The second-order valence-electron chi connectivity index (χ2n) is 11.4. The Hall–Kier alpha value is -0.960. The highest BCUT2D eigenvalue weighted by Crippen LogP contribution is 2.67. The minimum atomic E-state index is 0.113. The number of ether oxygens (including phenoxy) is 1. The summed E-state index contributed by atoms with van der Waals surface area (Å²) < 4.78 is 6.73. The lowest BCUT2D eigenvalue weighted by atomic mass is 9.45. The molecule has 0 saturated heterocycles. The van der Waals surface area contributed by atoms with Crippen LogP contribution in [0.15, 0.2) is 11.6 Å². The van der Waals surface area contributed by atoms with Crippen molar-refractivity contribution in [2.24, 2.45) is 40.4 Å². The molecule has 1 unspecified atom stereocenters. The van der Waals surface area contributed by atoms with E-state index < -0.39 is 0 Å². The largest absolute Gasteiger partial charge is 0.378 e. The van der Waals surface area contributed by atoms with Crippen LogP contribution in [0, 0.1) is 40.4 Å². The molecule has 0 aromatic heterocycles. The molecule has 8 atom stereocenters. The van der Waals surface area contributed by atoms with Gasteiger partial charge in [-0.2, -0.15) is 0 Å². The number of hydrogen-bond donors (Lipinski definition) is 0. The van der Waals surface area contributed by atoms with E-state index >= 15 is 0 Å². The first-order valence-corrected chi connectivity index (χ1v) is 12.7. The quantitative estimate of drug-likeness (QED) is 0.370. The van der Waals surface area contributed by atoms with Crippen molar-refractivity contribution in [1.29, 1.82) is 0 Å². The molecule has 0 aromatic rings. The van der Waals surface area contributed by atoms with Crippen LogP contribution < -0.4 is 0 Å². The number of ketones is 1. The minimum absolute atomic E-state index is 0.113. The van der Waals surface area contributed by atoms with Gasteiger partial charge in [0.1, 0.15) is 6.29 Å². The Bertz CT molecular complexity index is 696. The fourth-order valence-electron chi connectivity index (χ4n) is 8.39. The number of allylic oxidation sites excluding steroid dienone is 1. The molecule has 4 aliphatic rings. The normalized spacial score (nSPS) is 43.9. The van der Waals surface area contributed by atoms with Crippen molar-refractivity contribution in [3.63, 3.8) is 0 Å². The van der Waals surface area contributed by atoms with E-state index in [1.165, 1.54) is 44.0 Å². The molecule has 0 aliphatic heterocycles. The predicted molar refractivity (Wildman–Crippen MR) is 120 cm³/mol. The SMILES string of the molecule is CCCCCO[C@H]1C[C@]2(C)[C@@H](C(C)C=O)CC[C@H]2[C@@H]2CCC3=CC(=O)CC[C@]3(C)[C@H]21. The van der Waals surface area contributed by atoms with Crippen LogP contribution in [0.4, 0.5) is 0 Å². The zero-order valence-electron chi connectivity index (χ0n) is 19.6. The molecule has 0 spiro atoms. The Balaban J connectivity index is 1.67. The fraction of sp³-hybridized carbons (Fsp3) is 0.852. The number of unbranched alkanes of at least 4 members (excludes halogenated alkanes) is 2. The number of carbonyl (C=O) groups excluding carboxylic acids is 2. The summed E-state index contributed by atoms with van der Waals surface area (Å²) >= 11 is 0. The Labute approximate surface area is 183 Å². The summed E-state index contributed by atoms with van der Waals surface area (Å²) in [4.78, 5) is 23.9. The molecule has 3 nitrogen and oxygen atoms in total. The Morgan fingerprint density at radius 1 is 1.20 bits per heavy atom. The molecule has 3 fully saturated rings. The van der Waals surface area contributed by atoms with Gasteiger partial charge in [-0.15, -0.1) is 0 Å². The minimum Gasteiger partial charge on any atom is -0.378 e. The van der Waals surface area contributed by atoms with E-state index in [2.05, 4.69) is 27.7 Å². The molecule has 168 valence electrons. The van der Waals surface area contributed by atoms with Crippen LogP contribution in [0.25, 0.3) is 0 Å². The topological polar surface area (TPSA) is 43.4 Å². The van der Waals surface area contributed by atoms with Crippen molar-refractivity contribution in [1.82, 2.24) is 0 Å². The summed E-state index contributed by atoms with van der Waals surface area (Å²) in [7, 11) is 0. The molecule has 0 bridgehead atoms. The van der Waals surface area contributed by atoms with Gasteiger partial charge >= 0.3 is 0 Å². The van der Waals surface area contributed by atoms with Crippen molar-refractivity contribution in [2.45, 2.75) is 98.0 Å². The van der Waals surface area contributed by atoms with Crippen LogP contribution in [0.5, 0.6) is 0 Å². The molecule has 4 aliphatic carbocycles. The lowest BCUT2D eigenvalue weighted by Crippen LogP contribution is -2.57. The van der Waals surface area contributed by atoms with Gasteiger partial charge in [-0.3, -0.25) is 4.79 Å². The van der Waals surface area contributed by atoms with Crippen LogP contribution in [-0.2, 0) is 14.3 Å². The highest BCUT2D eigenvalue weighted by atomic mass is 16.5. The third kappa shape index (κ3) is 3.53. The van der Waals surface area contributed by atoms with Gasteiger partial charge in [0, 0.05) is 18.9 Å². The lowest BCUT2D eigenvalue weighted by molar-refractivity contribution is -0.157. The predicted octanol–water partition coefficient (Wildman–Crippen LogP) is 6.15. The van der Waals surface area contributed by atoms with Gasteiger partial charge in [-0.25, -0.2) is 0 Å². The average Bonchev–Trinajstić information content (AvgIpc) is 3.07. The summed E-state index contributed by atoms with van der Waals surface area (Å²) in [6, 6.07) is 0. The Kier molecular flexibility index (Phi) is 6.32. The molecule has 3 saturated carbocycles. The number of aldehydes is 1. The van der Waals surface area contributed by atoms with Crippen LogP contribution >= 0.6 is 0 Å². The van der Waals surface area contributed by atoms with Gasteiger partial charge in [-0.1, -0.05) is 46.1 Å². The monoisotopic (exact) mass is 414 g/mol. The first-order chi connectivity index (χ1) is 14.3. The van der Waals surface area contributed by atoms with Gasteiger partial charge in [0.05, 0.1) is 6.10 Å². The van der Waals surface area contributed by atoms with Gasteiger partial charge in [0.15, 0.2) is 5.78 Å². The van der Waals surface area contributed by atoms with Crippen molar-refractivity contribution in [3.8, 4) is 0 Å². The van der Waals surface area contributed by atoms with Crippen LogP contribution in [-0.4, -0.2) is 24.8 Å². The Morgan fingerprint density at radius 2 is 2.00 bits per heavy atom. The highest BCUT2D eigenvalue weighted by molar-refractivity contribution is 5.91. The molecule has 0 heterocycles. The maximum atomic E-state index is 12.2. The summed E-state index contributed by atoms with van der Waals surface area (Å²) in [5.74, 6) is 2.83. The zero-order valence-corrected chi connectivity index (χ0v) is 19.6. The molecule has 0 aromatic carbocycles. The highest BCUT2D eigenvalue weighted by Gasteiger charge is 2.62. The van der Waals surface area contributed by atoms with E-state index in [0.29, 0.717) is 35.9 Å². The standard InChI is InChI=1S/C27H42O3/c1-5-6-7-14-30-24-16-27(4)22(18(2)17-28)10-11-23(27)21-9-8-19-15-20(29)12-13-26(19,3)25(21)24/h15,17-18,21-25H,5-14,16H2,1-4H3/t18?,21-,22+,23-,24-,25+,26-,27+/m0/s1. The van der Waals surface area contributed by atoms with E-state index in [9.17, 15) is 9.59 Å². The third-order valence-corrected chi connectivity index (χ3v) is 9.87. The second-order valence-corrected chi connectivity index (χ2v) is 11.4. The van der Waals surface area contributed by atoms with Crippen molar-refractivity contribution in [2.75, 3.05) is 6.61 Å². The number of carbonyl (C=O) groups is 2. The lowest BCUT2D eigenvalue weighted by Gasteiger charge is -2.61. The summed E-state index contributed by atoms with van der Waals surface area (Å²) in [5.41, 5.74) is 1.72. The molecule has 4 rings (SSSR count). The van der Waals surface area contributed by atoms with E-state index in [1.54, 1.807) is 0 Å². The van der Waals surface area contributed by atoms with Crippen molar-refractivity contribution >= 4 is 12.1 Å². The molecule has 3 heteroatoms. The number of hydrogen-bond acceptors (Lipinski definition) is 3. The number of fused-ring (bicyclic) bond motifs is 5. The first kappa shape index (κ1) is 22.2.